The molecule has 4 heteroatoms. The molecule has 0 spiro atoms. The van der Waals surface area contributed by atoms with Gasteiger partial charge in [0.1, 0.15) is 0 Å². The van der Waals surface area contributed by atoms with Crippen molar-refractivity contribution in [3.05, 3.63) is 0 Å². The van der Waals surface area contributed by atoms with Gasteiger partial charge in [-0.3, -0.25) is 0 Å². The summed E-state index contributed by atoms with van der Waals surface area (Å²) in [4.78, 5) is 0. The van der Waals surface area contributed by atoms with Crippen LogP contribution in [-0.4, -0.2) is 24.3 Å². The van der Waals surface area contributed by atoms with Gasteiger partial charge in [0, 0.05) is 5.50 Å². The van der Waals surface area contributed by atoms with Crippen LogP contribution in [0.25, 0.3) is 0 Å². The SMILES string of the molecule is C[Si](C)O[SiH2]CCl. The lowest BCUT2D eigenvalue weighted by Gasteiger charge is -1.99. The van der Waals surface area contributed by atoms with Crippen molar-refractivity contribution in [2.24, 2.45) is 0 Å². The Bertz CT molecular complexity index is 41.9. The highest BCUT2D eigenvalue weighted by Crippen LogP contribution is 1.80. The van der Waals surface area contributed by atoms with Crippen molar-refractivity contribution >= 4 is 30.4 Å². The first-order chi connectivity index (χ1) is 3.27. The second kappa shape index (κ2) is 4.83. The molecule has 0 aliphatic rings. The lowest BCUT2D eigenvalue weighted by molar-refractivity contribution is 0.628. The maximum atomic E-state index is 5.40. The first kappa shape index (κ1) is 7.68. The van der Waals surface area contributed by atoms with Gasteiger partial charge in [-0.2, -0.15) is 0 Å². The Hall–Kier alpha value is 0.684. The van der Waals surface area contributed by atoms with Gasteiger partial charge in [-0.25, -0.2) is 0 Å². The van der Waals surface area contributed by atoms with E-state index in [4.69, 9.17) is 15.7 Å². The normalized spacial score (nSPS) is 12.0. The van der Waals surface area contributed by atoms with Gasteiger partial charge in [-0.05, 0) is 13.1 Å². The summed E-state index contributed by atoms with van der Waals surface area (Å²) in [6, 6.07) is 0. The Balaban J connectivity index is 2.68. The van der Waals surface area contributed by atoms with E-state index in [1.165, 1.54) is 0 Å². The zero-order valence-corrected chi connectivity index (χ0v) is 7.87. The quantitative estimate of drug-likeness (QED) is 0.425. The number of hydrogen-bond acceptors (Lipinski definition) is 1. The highest BCUT2D eigenvalue weighted by Gasteiger charge is 1.92. The zero-order chi connectivity index (χ0) is 5.70. The summed E-state index contributed by atoms with van der Waals surface area (Å²) in [6.07, 6.45) is 0. The summed E-state index contributed by atoms with van der Waals surface area (Å²) < 4.78 is 5.30. The maximum absolute atomic E-state index is 5.40. The molecular weight excluding hydrogens is 144 g/mol. The van der Waals surface area contributed by atoms with Crippen LogP contribution in [0.3, 0.4) is 0 Å². The molecule has 0 amide bonds. The summed E-state index contributed by atoms with van der Waals surface area (Å²) in [5.74, 6) is 0. The molecule has 0 aromatic rings. The lowest BCUT2D eigenvalue weighted by atomic mass is 11.9. The summed E-state index contributed by atoms with van der Waals surface area (Å²) in [5, 5.41) is 0. The Kier molecular flexibility index (Phi) is 5.31. The number of rotatable bonds is 3. The van der Waals surface area contributed by atoms with Gasteiger partial charge in [0.25, 0.3) is 0 Å². The van der Waals surface area contributed by atoms with E-state index in [1.54, 1.807) is 0 Å². The van der Waals surface area contributed by atoms with Crippen molar-refractivity contribution in [2.75, 3.05) is 5.50 Å². The fraction of sp³-hybridized carbons (Fsp3) is 1.00. The molecule has 0 aliphatic carbocycles. The van der Waals surface area contributed by atoms with Crippen LogP contribution >= 0.6 is 11.6 Å². The van der Waals surface area contributed by atoms with Crippen LogP contribution in [0.4, 0.5) is 0 Å². The van der Waals surface area contributed by atoms with Crippen LogP contribution in [-0.2, 0) is 4.12 Å². The van der Waals surface area contributed by atoms with Gasteiger partial charge in [0.2, 0.25) is 0 Å². The van der Waals surface area contributed by atoms with Gasteiger partial charge < -0.3 is 4.12 Å². The van der Waals surface area contributed by atoms with Crippen molar-refractivity contribution in [3.63, 3.8) is 0 Å². The molecule has 0 aromatic carbocycles. The molecule has 1 radical (unpaired) electrons. The number of hydrogen-bond donors (Lipinski definition) is 0. The first-order valence-electron chi connectivity index (χ1n) is 2.26. The third-order valence-corrected chi connectivity index (χ3v) is 4.21. The first-order valence-corrected chi connectivity index (χ1v) is 6.78. The summed E-state index contributed by atoms with van der Waals surface area (Å²) >= 11 is 5.40. The zero-order valence-electron chi connectivity index (χ0n) is 4.70. The fourth-order valence-electron chi connectivity index (χ4n) is 0.243. The Labute approximate surface area is 53.7 Å². The predicted octanol–water partition coefficient (Wildman–Crippen LogP) is 0.534. The molecule has 0 rings (SSSR count). The molecule has 0 bridgehead atoms. The highest BCUT2D eigenvalue weighted by atomic mass is 35.5. The van der Waals surface area contributed by atoms with Crippen LogP contribution < -0.4 is 0 Å². The molecule has 0 atom stereocenters. The van der Waals surface area contributed by atoms with E-state index in [0.717, 1.165) is 5.50 Å². The Morgan fingerprint density at radius 3 is 2.43 bits per heavy atom. The minimum absolute atomic E-state index is 0.315. The van der Waals surface area contributed by atoms with E-state index in [-0.39, 0.29) is 9.76 Å². The van der Waals surface area contributed by atoms with E-state index in [1.807, 2.05) is 0 Å². The molecular formula is C3H10ClOSi2. The van der Waals surface area contributed by atoms with Crippen LogP contribution in [0, 0.1) is 0 Å². The van der Waals surface area contributed by atoms with E-state index in [0.29, 0.717) is 0 Å². The molecule has 0 aliphatic heterocycles. The van der Waals surface area contributed by atoms with Gasteiger partial charge in [0.15, 0.2) is 18.8 Å². The van der Waals surface area contributed by atoms with Crippen molar-refractivity contribution in [1.29, 1.82) is 0 Å². The Morgan fingerprint density at radius 1 is 1.71 bits per heavy atom. The number of alkyl halides is 1. The molecule has 7 heavy (non-hydrogen) atoms. The van der Waals surface area contributed by atoms with Gasteiger partial charge in [0.05, 0.1) is 0 Å². The van der Waals surface area contributed by atoms with Gasteiger partial charge in [-0.15, -0.1) is 11.6 Å². The third-order valence-electron chi connectivity index (χ3n) is 0.468. The van der Waals surface area contributed by atoms with Crippen LogP contribution in [0.1, 0.15) is 0 Å². The summed E-state index contributed by atoms with van der Waals surface area (Å²) in [7, 11) is -0.735. The molecule has 0 saturated carbocycles. The van der Waals surface area contributed by atoms with E-state index in [2.05, 4.69) is 13.1 Å². The topological polar surface area (TPSA) is 9.23 Å². The largest absolute Gasteiger partial charge is 0.460 e. The summed E-state index contributed by atoms with van der Waals surface area (Å²) in [5.41, 5.74) is 0.760. The van der Waals surface area contributed by atoms with E-state index >= 15 is 0 Å². The average Bonchev–Trinajstić information content (AvgIpc) is 1.61. The minimum Gasteiger partial charge on any atom is -0.460 e. The number of halogens is 1. The molecule has 0 fully saturated rings. The summed E-state index contributed by atoms with van der Waals surface area (Å²) in [6.45, 7) is 4.26. The molecule has 0 N–H and O–H groups in total. The fourth-order valence-corrected chi connectivity index (χ4v) is 2.88. The van der Waals surface area contributed by atoms with E-state index < -0.39 is 9.04 Å². The van der Waals surface area contributed by atoms with Crippen molar-refractivity contribution < 1.29 is 4.12 Å². The minimum atomic E-state index is -0.420. The molecule has 43 valence electrons. The van der Waals surface area contributed by atoms with Gasteiger partial charge >= 0.3 is 0 Å². The third kappa shape index (κ3) is 6.68. The smallest absolute Gasteiger partial charge is 0.190 e. The lowest BCUT2D eigenvalue weighted by Crippen LogP contribution is -2.12. The van der Waals surface area contributed by atoms with E-state index in [9.17, 15) is 0 Å². The molecule has 0 unspecified atom stereocenters. The van der Waals surface area contributed by atoms with Crippen molar-refractivity contribution in [3.8, 4) is 0 Å². The molecule has 1 nitrogen and oxygen atoms in total. The van der Waals surface area contributed by atoms with Crippen molar-refractivity contribution in [1.82, 2.24) is 0 Å². The molecule has 0 aromatic heterocycles. The second-order valence-electron chi connectivity index (χ2n) is 1.45. The Morgan fingerprint density at radius 2 is 2.29 bits per heavy atom. The van der Waals surface area contributed by atoms with Crippen LogP contribution in [0.15, 0.2) is 0 Å². The maximum Gasteiger partial charge on any atom is 0.190 e. The van der Waals surface area contributed by atoms with Crippen LogP contribution in [0.5, 0.6) is 0 Å². The second-order valence-corrected chi connectivity index (χ2v) is 6.34. The monoisotopic (exact) mass is 153 g/mol. The average molecular weight is 154 g/mol. The highest BCUT2D eigenvalue weighted by molar-refractivity contribution is 6.59. The van der Waals surface area contributed by atoms with Gasteiger partial charge in [-0.1, -0.05) is 0 Å². The predicted molar refractivity (Wildman–Crippen MR) is 37.8 cm³/mol. The van der Waals surface area contributed by atoms with Crippen molar-refractivity contribution in [2.45, 2.75) is 13.1 Å². The standard InChI is InChI=1S/C3H10ClOSi2/c1-7(2)5-6-3-4/h3,6H2,1-2H3. The molecule has 0 saturated heterocycles. The van der Waals surface area contributed by atoms with Crippen LogP contribution in [0.2, 0.25) is 13.1 Å². The molecule has 0 heterocycles.